The lowest BCUT2D eigenvalue weighted by Gasteiger charge is -2.18. The SMILES string of the molecule is NCc1cc(F)ccc1OCC(F)(F)c1ccccc1. The van der Waals surface area contributed by atoms with Crippen LogP contribution in [0.15, 0.2) is 48.5 Å². The van der Waals surface area contributed by atoms with E-state index in [2.05, 4.69) is 0 Å². The highest BCUT2D eigenvalue weighted by Gasteiger charge is 2.32. The summed E-state index contributed by atoms with van der Waals surface area (Å²) in [7, 11) is 0. The third-order valence-electron chi connectivity index (χ3n) is 2.85. The monoisotopic (exact) mass is 281 g/mol. The highest BCUT2D eigenvalue weighted by molar-refractivity contribution is 5.34. The van der Waals surface area contributed by atoms with Crippen LogP contribution in [0.4, 0.5) is 13.2 Å². The lowest BCUT2D eigenvalue weighted by Crippen LogP contribution is -2.23. The van der Waals surface area contributed by atoms with Gasteiger partial charge in [0.1, 0.15) is 11.6 Å². The number of rotatable bonds is 5. The van der Waals surface area contributed by atoms with Crippen LogP contribution in [-0.2, 0) is 12.5 Å². The van der Waals surface area contributed by atoms with Crippen LogP contribution in [0.3, 0.4) is 0 Å². The number of benzene rings is 2. The first kappa shape index (κ1) is 14.4. The Hall–Kier alpha value is -2.01. The molecule has 2 N–H and O–H groups in total. The van der Waals surface area contributed by atoms with Gasteiger partial charge in [0.05, 0.1) is 0 Å². The molecular formula is C15H14F3NO. The maximum absolute atomic E-state index is 13.9. The smallest absolute Gasteiger partial charge is 0.306 e. The third kappa shape index (κ3) is 3.30. The van der Waals surface area contributed by atoms with Crippen LogP contribution in [0, 0.1) is 5.82 Å². The maximum Gasteiger partial charge on any atom is 0.306 e. The molecule has 0 amide bonds. The van der Waals surface area contributed by atoms with Crippen molar-refractivity contribution in [2.24, 2.45) is 5.73 Å². The summed E-state index contributed by atoms with van der Waals surface area (Å²) in [5, 5.41) is 0. The zero-order chi connectivity index (χ0) is 14.6. The van der Waals surface area contributed by atoms with Crippen LogP contribution < -0.4 is 10.5 Å². The van der Waals surface area contributed by atoms with Crippen LogP contribution in [0.2, 0.25) is 0 Å². The topological polar surface area (TPSA) is 35.2 Å². The number of ether oxygens (including phenoxy) is 1. The van der Waals surface area contributed by atoms with E-state index in [4.69, 9.17) is 10.5 Å². The molecule has 20 heavy (non-hydrogen) atoms. The first-order chi connectivity index (χ1) is 9.53. The Morgan fingerprint density at radius 2 is 1.75 bits per heavy atom. The molecular weight excluding hydrogens is 267 g/mol. The molecule has 0 unspecified atom stereocenters. The Labute approximate surface area is 115 Å². The maximum atomic E-state index is 13.9. The first-order valence-electron chi connectivity index (χ1n) is 6.07. The molecule has 0 atom stereocenters. The second kappa shape index (κ2) is 5.96. The number of hydrogen-bond donors (Lipinski definition) is 1. The van der Waals surface area contributed by atoms with Crippen molar-refractivity contribution < 1.29 is 17.9 Å². The minimum absolute atomic E-state index is 0.0179. The Morgan fingerprint density at radius 1 is 1.05 bits per heavy atom. The van der Waals surface area contributed by atoms with Gasteiger partial charge in [0, 0.05) is 17.7 Å². The highest BCUT2D eigenvalue weighted by Crippen LogP contribution is 2.29. The summed E-state index contributed by atoms with van der Waals surface area (Å²) in [5.74, 6) is -3.43. The Balaban J connectivity index is 2.12. The molecule has 2 nitrogen and oxygen atoms in total. The number of nitrogens with two attached hydrogens (primary N) is 1. The minimum Gasteiger partial charge on any atom is -0.487 e. The predicted molar refractivity (Wildman–Crippen MR) is 70.1 cm³/mol. The summed E-state index contributed by atoms with van der Waals surface area (Å²) in [6.07, 6.45) is 0. The normalized spacial score (nSPS) is 11.4. The van der Waals surface area contributed by atoms with E-state index in [9.17, 15) is 13.2 Å². The summed E-state index contributed by atoms with van der Waals surface area (Å²) in [5.41, 5.74) is 5.66. The lowest BCUT2D eigenvalue weighted by molar-refractivity contribution is -0.0469. The molecule has 2 aromatic carbocycles. The zero-order valence-corrected chi connectivity index (χ0v) is 10.7. The fourth-order valence-electron chi connectivity index (χ4n) is 1.78. The van der Waals surface area contributed by atoms with Gasteiger partial charge in [0.2, 0.25) is 0 Å². The molecule has 0 aliphatic carbocycles. The molecule has 2 rings (SSSR count). The second-order valence-corrected chi connectivity index (χ2v) is 4.32. The van der Waals surface area contributed by atoms with E-state index in [0.29, 0.717) is 5.56 Å². The van der Waals surface area contributed by atoms with E-state index >= 15 is 0 Å². The molecule has 0 spiro atoms. The van der Waals surface area contributed by atoms with E-state index in [1.807, 2.05) is 0 Å². The van der Waals surface area contributed by atoms with Crippen LogP contribution in [-0.4, -0.2) is 6.61 Å². The van der Waals surface area contributed by atoms with Crippen molar-refractivity contribution >= 4 is 0 Å². The van der Waals surface area contributed by atoms with E-state index < -0.39 is 18.3 Å². The largest absolute Gasteiger partial charge is 0.487 e. The molecule has 0 saturated heterocycles. The van der Waals surface area contributed by atoms with Gasteiger partial charge in [-0.3, -0.25) is 0 Å². The van der Waals surface area contributed by atoms with Gasteiger partial charge < -0.3 is 10.5 Å². The van der Waals surface area contributed by atoms with Crippen LogP contribution in [0.25, 0.3) is 0 Å². The average Bonchev–Trinajstić information content (AvgIpc) is 2.46. The van der Waals surface area contributed by atoms with Gasteiger partial charge in [-0.15, -0.1) is 0 Å². The van der Waals surface area contributed by atoms with Crippen molar-refractivity contribution in [2.75, 3.05) is 6.61 Å². The van der Waals surface area contributed by atoms with Crippen LogP contribution in [0.1, 0.15) is 11.1 Å². The van der Waals surface area contributed by atoms with Crippen molar-refractivity contribution in [1.82, 2.24) is 0 Å². The van der Waals surface area contributed by atoms with Gasteiger partial charge in [-0.1, -0.05) is 30.3 Å². The van der Waals surface area contributed by atoms with Crippen LogP contribution in [0.5, 0.6) is 5.75 Å². The van der Waals surface area contributed by atoms with Crippen molar-refractivity contribution in [1.29, 1.82) is 0 Å². The average molecular weight is 281 g/mol. The Bertz CT molecular complexity index is 573. The highest BCUT2D eigenvalue weighted by atomic mass is 19.3. The van der Waals surface area contributed by atoms with E-state index in [1.54, 1.807) is 6.07 Å². The number of hydrogen-bond acceptors (Lipinski definition) is 2. The fourth-order valence-corrected chi connectivity index (χ4v) is 1.78. The van der Waals surface area contributed by atoms with E-state index in [0.717, 1.165) is 6.07 Å². The summed E-state index contributed by atoms with van der Waals surface area (Å²) in [6.45, 7) is -0.806. The Morgan fingerprint density at radius 3 is 2.40 bits per heavy atom. The number of halogens is 3. The summed E-state index contributed by atoms with van der Waals surface area (Å²) >= 11 is 0. The zero-order valence-electron chi connectivity index (χ0n) is 10.7. The molecule has 0 bridgehead atoms. The van der Waals surface area contributed by atoms with Gasteiger partial charge in [0.25, 0.3) is 0 Å². The lowest BCUT2D eigenvalue weighted by atomic mass is 10.1. The van der Waals surface area contributed by atoms with E-state index in [1.165, 1.54) is 36.4 Å². The molecule has 0 heterocycles. The van der Waals surface area contributed by atoms with Crippen molar-refractivity contribution in [3.8, 4) is 5.75 Å². The van der Waals surface area contributed by atoms with Crippen molar-refractivity contribution in [3.63, 3.8) is 0 Å². The summed E-state index contributed by atoms with van der Waals surface area (Å²) in [6, 6.07) is 11.0. The minimum atomic E-state index is -3.12. The summed E-state index contributed by atoms with van der Waals surface area (Å²) < 4.78 is 46.0. The van der Waals surface area contributed by atoms with Gasteiger partial charge in [-0.2, -0.15) is 8.78 Å². The quantitative estimate of drug-likeness (QED) is 0.911. The fraction of sp³-hybridized carbons (Fsp3) is 0.200. The van der Waals surface area contributed by atoms with Gasteiger partial charge in [-0.05, 0) is 18.2 Å². The molecule has 0 aliphatic rings. The predicted octanol–water partition coefficient (Wildman–Crippen LogP) is 3.46. The standard InChI is InChI=1S/C15H14F3NO/c16-13-6-7-14(11(8-13)9-19)20-10-15(17,18)12-4-2-1-3-5-12/h1-8H,9-10,19H2. The molecule has 106 valence electrons. The molecule has 0 aliphatic heterocycles. The van der Waals surface area contributed by atoms with Crippen molar-refractivity contribution in [2.45, 2.75) is 12.5 Å². The Kier molecular flexibility index (Phi) is 4.29. The summed E-state index contributed by atoms with van der Waals surface area (Å²) in [4.78, 5) is 0. The van der Waals surface area contributed by atoms with Crippen LogP contribution >= 0.6 is 0 Å². The third-order valence-corrected chi connectivity index (χ3v) is 2.85. The molecule has 0 fully saturated rings. The van der Waals surface area contributed by atoms with Gasteiger partial charge in [0.15, 0.2) is 6.61 Å². The molecule has 2 aromatic rings. The molecule has 0 saturated carbocycles. The number of alkyl halides is 2. The van der Waals surface area contributed by atoms with Crippen molar-refractivity contribution in [3.05, 3.63) is 65.5 Å². The molecule has 5 heteroatoms. The van der Waals surface area contributed by atoms with Gasteiger partial charge >= 0.3 is 5.92 Å². The first-order valence-corrected chi connectivity index (χ1v) is 6.07. The van der Waals surface area contributed by atoms with Gasteiger partial charge in [-0.25, -0.2) is 4.39 Å². The van der Waals surface area contributed by atoms with E-state index in [-0.39, 0.29) is 17.9 Å². The second-order valence-electron chi connectivity index (χ2n) is 4.32. The molecule has 0 radical (unpaired) electrons. The molecule has 0 aromatic heterocycles.